The molecule has 1 aliphatic rings. The molecule has 1 aromatic rings. The maximum Gasteiger partial charge on any atom is 0.311 e. The van der Waals surface area contributed by atoms with E-state index in [-0.39, 0.29) is 30.4 Å². The Kier molecular flexibility index (Phi) is 4.22. The van der Waals surface area contributed by atoms with Crippen LogP contribution in [-0.4, -0.2) is 40.2 Å². The van der Waals surface area contributed by atoms with Crippen LogP contribution in [0.1, 0.15) is 24.4 Å². The van der Waals surface area contributed by atoms with Crippen molar-refractivity contribution in [3.05, 3.63) is 30.6 Å². The van der Waals surface area contributed by atoms with Gasteiger partial charge in [-0.15, -0.1) is 0 Å². The molecule has 2 heterocycles. The normalized spacial score (nSPS) is 22.7. The first-order chi connectivity index (χ1) is 9.54. The summed E-state index contributed by atoms with van der Waals surface area (Å²) in [6.45, 7) is 3.72. The maximum absolute atomic E-state index is 12.2. The third-order valence-electron chi connectivity index (χ3n) is 3.57. The second-order valence-electron chi connectivity index (χ2n) is 4.96. The largest absolute Gasteiger partial charge is 0.461 e. The van der Waals surface area contributed by atoms with Crippen LogP contribution in [0.15, 0.2) is 25.0 Å². The number of carbonyl (C=O) groups is 2. The molecule has 0 saturated carbocycles. The van der Waals surface area contributed by atoms with E-state index in [0.717, 1.165) is 5.56 Å². The molecule has 0 aliphatic carbocycles. The molecule has 0 aromatic carbocycles. The SMILES string of the molecule is C=CCOC(=O)[C@@H]1CCC(=O)N(C)[C@@H]1c1cnn(C)c1. The summed E-state index contributed by atoms with van der Waals surface area (Å²) in [7, 11) is 3.52. The predicted octanol–water partition coefficient (Wildman–Crippen LogP) is 1.06. The molecule has 1 aliphatic heterocycles. The molecule has 0 N–H and O–H groups in total. The van der Waals surface area contributed by atoms with Crippen LogP contribution >= 0.6 is 0 Å². The molecule has 1 aromatic heterocycles. The summed E-state index contributed by atoms with van der Waals surface area (Å²) in [4.78, 5) is 25.7. The van der Waals surface area contributed by atoms with E-state index in [9.17, 15) is 9.59 Å². The van der Waals surface area contributed by atoms with E-state index < -0.39 is 0 Å². The molecule has 6 nitrogen and oxygen atoms in total. The van der Waals surface area contributed by atoms with Gasteiger partial charge in [0.2, 0.25) is 5.91 Å². The van der Waals surface area contributed by atoms with Gasteiger partial charge in [0.1, 0.15) is 6.61 Å². The molecule has 2 rings (SSSR count). The van der Waals surface area contributed by atoms with Crippen molar-refractivity contribution in [3.8, 4) is 0 Å². The molecule has 1 amide bonds. The highest BCUT2D eigenvalue weighted by Crippen LogP contribution is 2.36. The molecular formula is C14H19N3O3. The zero-order chi connectivity index (χ0) is 14.7. The molecular weight excluding hydrogens is 258 g/mol. The molecule has 0 radical (unpaired) electrons. The van der Waals surface area contributed by atoms with Gasteiger partial charge in [-0.2, -0.15) is 5.10 Å². The first-order valence-corrected chi connectivity index (χ1v) is 6.56. The fourth-order valence-electron chi connectivity index (χ4n) is 2.58. The molecule has 6 heteroatoms. The fraction of sp³-hybridized carbons (Fsp3) is 0.500. The minimum Gasteiger partial charge on any atom is -0.461 e. The van der Waals surface area contributed by atoms with Crippen LogP contribution < -0.4 is 0 Å². The van der Waals surface area contributed by atoms with Crippen molar-refractivity contribution < 1.29 is 14.3 Å². The van der Waals surface area contributed by atoms with Crippen LogP contribution in [0, 0.1) is 5.92 Å². The fourth-order valence-corrected chi connectivity index (χ4v) is 2.58. The molecule has 0 bridgehead atoms. The van der Waals surface area contributed by atoms with Crippen LogP contribution in [-0.2, 0) is 21.4 Å². The van der Waals surface area contributed by atoms with Crippen molar-refractivity contribution in [1.29, 1.82) is 0 Å². The zero-order valence-electron chi connectivity index (χ0n) is 11.8. The Balaban J connectivity index is 2.26. The average Bonchev–Trinajstić information content (AvgIpc) is 2.85. The summed E-state index contributed by atoms with van der Waals surface area (Å²) in [6, 6.07) is -0.317. The summed E-state index contributed by atoms with van der Waals surface area (Å²) in [6.07, 6.45) is 5.91. The first-order valence-electron chi connectivity index (χ1n) is 6.56. The molecule has 0 spiro atoms. The van der Waals surface area contributed by atoms with Gasteiger partial charge in [0, 0.05) is 32.3 Å². The third-order valence-corrected chi connectivity index (χ3v) is 3.57. The third kappa shape index (κ3) is 2.74. The highest BCUT2D eigenvalue weighted by molar-refractivity contribution is 5.82. The van der Waals surface area contributed by atoms with Gasteiger partial charge in [-0.25, -0.2) is 0 Å². The van der Waals surface area contributed by atoms with E-state index in [1.807, 2.05) is 6.20 Å². The van der Waals surface area contributed by atoms with Gasteiger partial charge in [-0.1, -0.05) is 12.7 Å². The number of hydrogen-bond donors (Lipinski definition) is 0. The van der Waals surface area contributed by atoms with Crippen LogP contribution in [0.4, 0.5) is 0 Å². The minimum absolute atomic E-state index is 0.0339. The molecule has 0 unspecified atom stereocenters. The monoisotopic (exact) mass is 277 g/mol. The second kappa shape index (κ2) is 5.90. The van der Waals surface area contributed by atoms with Crippen molar-refractivity contribution in [3.63, 3.8) is 0 Å². The van der Waals surface area contributed by atoms with Gasteiger partial charge in [0.05, 0.1) is 18.2 Å². The molecule has 1 fully saturated rings. The summed E-state index contributed by atoms with van der Waals surface area (Å²) in [5.74, 6) is -0.619. The van der Waals surface area contributed by atoms with E-state index in [0.29, 0.717) is 12.8 Å². The van der Waals surface area contributed by atoms with Gasteiger partial charge >= 0.3 is 5.97 Å². The Morgan fingerprint density at radius 3 is 2.95 bits per heavy atom. The lowest BCUT2D eigenvalue weighted by Gasteiger charge is -2.37. The van der Waals surface area contributed by atoms with Crippen LogP contribution in [0.5, 0.6) is 0 Å². The smallest absolute Gasteiger partial charge is 0.311 e. The van der Waals surface area contributed by atoms with Gasteiger partial charge in [0.15, 0.2) is 0 Å². The number of amides is 1. The number of likely N-dealkylation sites (tertiary alicyclic amines) is 1. The number of hydrogen-bond acceptors (Lipinski definition) is 4. The number of ether oxygens (including phenoxy) is 1. The summed E-state index contributed by atoms with van der Waals surface area (Å²) < 4.78 is 6.81. The van der Waals surface area contributed by atoms with Crippen molar-refractivity contribution >= 4 is 11.9 Å². The van der Waals surface area contributed by atoms with Crippen LogP contribution in [0.2, 0.25) is 0 Å². The van der Waals surface area contributed by atoms with E-state index in [4.69, 9.17) is 4.74 Å². The lowest BCUT2D eigenvalue weighted by Crippen LogP contribution is -2.43. The number of aromatic nitrogens is 2. The van der Waals surface area contributed by atoms with Crippen molar-refractivity contribution in [2.75, 3.05) is 13.7 Å². The lowest BCUT2D eigenvalue weighted by molar-refractivity contribution is -0.155. The van der Waals surface area contributed by atoms with Gasteiger partial charge < -0.3 is 9.64 Å². The minimum atomic E-state index is -0.359. The number of aryl methyl sites for hydroxylation is 1. The van der Waals surface area contributed by atoms with Crippen LogP contribution in [0.3, 0.4) is 0 Å². The highest BCUT2D eigenvalue weighted by Gasteiger charge is 2.40. The Bertz CT molecular complexity index is 523. The quantitative estimate of drug-likeness (QED) is 0.610. The standard InChI is InChI=1S/C14H19N3O3/c1-4-7-20-14(19)11-5-6-12(18)17(3)13(11)10-8-15-16(2)9-10/h4,8-9,11,13H,1,5-7H2,2-3H3/t11-,13-/m1/s1. The summed E-state index contributed by atoms with van der Waals surface area (Å²) in [5.41, 5.74) is 0.851. The van der Waals surface area contributed by atoms with Crippen LogP contribution in [0.25, 0.3) is 0 Å². The van der Waals surface area contributed by atoms with E-state index >= 15 is 0 Å². The van der Waals surface area contributed by atoms with Gasteiger partial charge in [0.25, 0.3) is 0 Å². The molecule has 1 saturated heterocycles. The number of carbonyl (C=O) groups excluding carboxylic acids is 2. The lowest BCUT2D eigenvalue weighted by atomic mass is 9.86. The van der Waals surface area contributed by atoms with E-state index in [2.05, 4.69) is 11.7 Å². The predicted molar refractivity (Wildman–Crippen MR) is 72.6 cm³/mol. The molecule has 20 heavy (non-hydrogen) atoms. The maximum atomic E-state index is 12.2. The van der Waals surface area contributed by atoms with Crippen molar-refractivity contribution in [1.82, 2.24) is 14.7 Å². The number of rotatable bonds is 4. The van der Waals surface area contributed by atoms with E-state index in [1.165, 1.54) is 6.08 Å². The Labute approximate surface area is 118 Å². The van der Waals surface area contributed by atoms with Gasteiger partial charge in [-0.3, -0.25) is 14.3 Å². The Morgan fingerprint density at radius 2 is 2.35 bits per heavy atom. The zero-order valence-corrected chi connectivity index (χ0v) is 11.8. The van der Waals surface area contributed by atoms with Crippen molar-refractivity contribution in [2.45, 2.75) is 18.9 Å². The second-order valence-corrected chi connectivity index (χ2v) is 4.96. The van der Waals surface area contributed by atoms with Gasteiger partial charge in [-0.05, 0) is 6.42 Å². The Hall–Kier alpha value is -2.11. The number of esters is 1. The number of nitrogens with zero attached hydrogens (tertiary/aromatic N) is 3. The molecule has 108 valence electrons. The van der Waals surface area contributed by atoms with Crippen molar-refractivity contribution in [2.24, 2.45) is 13.0 Å². The topological polar surface area (TPSA) is 64.4 Å². The highest BCUT2D eigenvalue weighted by atomic mass is 16.5. The van der Waals surface area contributed by atoms with E-state index in [1.54, 1.807) is 29.9 Å². The number of piperidine rings is 1. The summed E-state index contributed by atoms with van der Waals surface area (Å²) >= 11 is 0. The Morgan fingerprint density at radius 1 is 1.60 bits per heavy atom. The summed E-state index contributed by atoms with van der Waals surface area (Å²) in [5, 5.41) is 4.12. The average molecular weight is 277 g/mol. The molecule has 2 atom stereocenters. The first kappa shape index (κ1) is 14.3.